The van der Waals surface area contributed by atoms with E-state index in [1.807, 2.05) is 0 Å². The summed E-state index contributed by atoms with van der Waals surface area (Å²) in [5.74, 6) is -0.556. The van der Waals surface area contributed by atoms with Gasteiger partial charge in [-0.3, -0.25) is 4.79 Å². The van der Waals surface area contributed by atoms with Gasteiger partial charge in [-0.05, 0) is 6.92 Å². The molecule has 0 heterocycles. The molecule has 1 atom stereocenters. The summed E-state index contributed by atoms with van der Waals surface area (Å²) in [6.45, 7) is 1.23. The first-order valence-corrected chi connectivity index (χ1v) is 2.89. The second-order valence-corrected chi connectivity index (χ2v) is 3.47. The number of amides is 1. The monoisotopic (exact) mass is 181 g/mol. The molecule has 8 heavy (non-hydrogen) atoms. The standard InChI is InChI=1S/C4H8BrNO2/c1-4(5,2-7)3(6)8/h7H,2H2,1H3,(H2,6,8). The average molecular weight is 182 g/mol. The van der Waals surface area contributed by atoms with Gasteiger partial charge in [0.2, 0.25) is 5.91 Å². The Hall–Kier alpha value is -0.0900. The van der Waals surface area contributed by atoms with Gasteiger partial charge < -0.3 is 10.8 Å². The second-order valence-electron chi connectivity index (χ2n) is 1.72. The van der Waals surface area contributed by atoms with Gasteiger partial charge in [-0.15, -0.1) is 0 Å². The van der Waals surface area contributed by atoms with Crippen LogP contribution in [0.15, 0.2) is 0 Å². The lowest BCUT2D eigenvalue weighted by Crippen LogP contribution is -2.38. The van der Waals surface area contributed by atoms with E-state index >= 15 is 0 Å². The van der Waals surface area contributed by atoms with Gasteiger partial charge in [0.15, 0.2) is 0 Å². The van der Waals surface area contributed by atoms with Crippen LogP contribution in [0.2, 0.25) is 0 Å². The van der Waals surface area contributed by atoms with Crippen LogP contribution in [0.1, 0.15) is 6.92 Å². The summed E-state index contributed by atoms with van der Waals surface area (Å²) in [6.07, 6.45) is 0. The van der Waals surface area contributed by atoms with Crippen molar-refractivity contribution in [2.75, 3.05) is 6.61 Å². The van der Waals surface area contributed by atoms with Crippen LogP contribution in [-0.2, 0) is 4.79 Å². The third-order valence-electron chi connectivity index (χ3n) is 0.811. The molecule has 48 valence electrons. The highest BCUT2D eigenvalue weighted by atomic mass is 79.9. The first-order chi connectivity index (χ1) is 3.50. The number of halogens is 1. The first-order valence-electron chi connectivity index (χ1n) is 2.10. The molecule has 0 rings (SSSR count). The quantitative estimate of drug-likeness (QED) is 0.571. The van der Waals surface area contributed by atoms with Crippen molar-refractivity contribution >= 4 is 21.8 Å². The second kappa shape index (κ2) is 2.46. The third-order valence-corrected chi connectivity index (χ3v) is 1.45. The maximum Gasteiger partial charge on any atom is 0.236 e. The van der Waals surface area contributed by atoms with E-state index < -0.39 is 10.2 Å². The van der Waals surface area contributed by atoms with E-state index in [1.165, 1.54) is 6.92 Å². The minimum absolute atomic E-state index is 0.275. The predicted octanol–water partition coefficient (Wildman–Crippen LogP) is -0.382. The number of alkyl halides is 1. The molecule has 3 N–H and O–H groups in total. The topological polar surface area (TPSA) is 63.3 Å². The number of carbonyl (C=O) groups is 1. The van der Waals surface area contributed by atoms with Crippen molar-refractivity contribution in [1.29, 1.82) is 0 Å². The summed E-state index contributed by atoms with van der Waals surface area (Å²) < 4.78 is -0.951. The van der Waals surface area contributed by atoms with Crippen LogP contribution in [0.5, 0.6) is 0 Å². The van der Waals surface area contributed by atoms with Gasteiger partial charge in [0.1, 0.15) is 4.32 Å². The number of aliphatic hydroxyl groups is 1. The lowest BCUT2D eigenvalue weighted by Gasteiger charge is -2.12. The Morgan fingerprint density at radius 1 is 2.00 bits per heavy atom. The van der Waals surface area contributed by atoms with Crippen molar-refractivity contribution in [2.45, 2.75) is 11.2 Å². The third kappa shape index (κ3) is 1.79. The SMILES string of the molecule is CC(Br)(CO)C(N)=O. The Labute approximate surface area is 56.0 Å². The minimum atomic E-state index is -0.951. The molecule has 0 saturated heterocycles. The number of primary amides is 1. The molecule has 0 spiro atoms. The fraction of sp³-hybridized carbons (Fsp3) is 0.750. The fourth-order valence-electron chi connectivity index (χ4n) is 0.0779. The summed E-state index contributed by atoms with van der Waals surface area (Å²) in [5.41, 5.74) is 4.83. The molecule has 0 radical (unpaired) electrons. The van der Waals surface area contributed by atoms with Crippen LogP contribution in [0, 0.1) is 0 Å². The summed E-state index contributed by atoms with van der Waals surface area (Å²) >= 11 is 2.92. The number of aliphatic hydroxyl groups excluding tert-OH is 1. The molecule has 0 aliphatic heterocycles. The van der Waals surface area contributed by atoms with Crippen LogP contribution in [0.25, 0.3) is 0 Å². The van der Waals surface area contributed by atoms with E-state index in [0.29, 0.717) is 0 Å². The van der Waals surface area contributed by atoms with E-state index in [0.717, 1.165) is 0 Å². The molecule has 3 nitrogen and oxygen atoms in total. The van der Waals surface area contributed by atoms with Gasteiger partial charge in [-0.1, -0.05) is 15.9 Å². The Balaban J connectivity index is 3.91. The van der Waals surface area contributed by atoms with Crippen LogP contribution in [0.3, 0.4) is 0 Å². The number of rotatable bonds is 2. The molecule has 0 bridgehead atoms. The van der Waals surface area contributed by atoms with Gasteiger partial charge in [0.25, 0.3) is 0 Å². The molecule has 0 aliphatic carbocycles. The molecule has 0 fully saturated rings. The Bertz CT molecular complexity index is 102. The van der Waals surface area contributed by atoms with Crippen LogP contribution < -0.4 is 5.73 Å². The van der Waals surface area contributed by atoms with E-state index in [2.05, 4.69) is 15.9 Å². The zero-order valence-electron chi connectivity index (χ0n) is 4.52. The number of hydrogen-bond donors (Lipinski definition) is 2. The molecule has 0 aromatic rings. The van der Waals surface area contributed by atoms with Crippen LogP contribution >= 0.6 is 15.9 Å². The highest BCUT2D eigenvalue weighted by Gasteiger charge is 2.25. The molecule has 0 aromatic carbocycles. The van der Waals surface area contributed by atoms with E-state index in [4.69, 9.17) is 10.8 Å². The van der Waals surface area contributed by atoms with Gasteiger partial charge in [0.05, 0.1) is 6.61 Å². The smallest absolute Gasteiger partial charge is 0.236 e. The number of carbonyl (C=O) groups excluding carboxylic acids is 1. The van der Waals surface area contributed by atoms with Gasteiger partial charge in [-0.25, -0.2) is 0 Å². The molecular formula is C4H8BrNO2. The van der Waals surface area contributed by atoms with Gasteiger partial charge in [-0.2, -0.15) is 0 Å². The van der Waals surface area contributed by atoms with E-state index in [9.17, 15) is 4.79 Å². The molecule has 1 unspecified atom stereocenters. The lowest BCUT2D eigenvalue weighted by atomic mass is 10.2. The van der Waals surface area contributed by atoms with Crippen molar-refractivity contribution in [3.8, 4) is 0 Å². The fourth-order valence-corrected chi connectivity index (χ4v) is 0.0779. The maximum absolute atomic E-state index is 10.3. The lowest BCUT2D eigenvalue weighted by molar-refractivity contribution is -0.120. The van der Waals surface area contributed by atoms with Crippen molar-refractivity contribution in [3.05, 3.63) is 0 Å². The molecular weight excluding hydrogens is 174 g/mol. The molecule has 0 aromatic heterocycles. The van der Waals surface area contributed by atoms with E-state index in [-0.39, 0.29) is 6.61 Å². The van der Waals surface area contributed by atoms with Crippen molar-refractivity contribution in [2.24, 2.45) is 5.73 Å². The Kier molecular flexibility index (Phi) is 2.43. The minimum Gasteiger partial charge on any atom is -0.394 e. The molecule has 0 aliphatic rings. The average Bonchev–Trinajstić information content (AvgIpc) is 1.67. The van der Waals surface area contributed by atoms with E-state index in [1.54, 1.807) is 0 Å². The zero-order valence-corrected chi connectivity index (χ0v) is 6.10. The molecule has 4 heteroatoms. The number of hydrogen-bond acceptors (Lipinski definition) is 2. The maximum atomic E-state index is 10.3. The molecule has 0 saturated carbocycles. The predicted molar refractivity (Wildman–Crippen MR) is 33.6 cm³/mol. The highest BCUT2D eigenvalue weighted by Crippen LogP contribution is 2.13. The van der Waals surface area contributed by atoms with Crippen molar-refractivity contribution in [1.82, 2.24) is 0 Å². The van der Waals surface area contributed by atoms with Crippen molar-refractivity contribution < 1.29 is 9.90 Å². The van der Waals surface area contributed by atoms with Crippen LogP contribution in [-0.4, -0.2) is 21.9 Å². The summed E-state index contributed by atoms with van der Waals surface area (Å²) in [7, 11) is 0. The summed E-state index contributed by atoms with van der Waals surface area (Å²) in [4.78, 5) is 10.3. The number of nitrogens with two attached hydrogens (primary N) is 1. The van der Waals surface area contributed by atoms with Gasteiger partial charge in [0, 0.05) is 0 Å². The summed E-state index contributed by atoms with van der Waals surface area (Å²) in [6, 6.07) is 0. The first kappa shape index (κ1) is 7.91. The molecule has 1 amide bonds. The normalized spacial score (nSPS) is 17.4. The highest BCUT2D eigenvalue weighted by molar-refractivity contribution is 9.10. The largest absolute Gasteiger partial charge is 0.394 e. The summed E-state index contributed by atoms with van der Waals surface area (Å²) in [5, 5.41) is 8.42. The Morgan fingerprint density at radius 2 is 2.38 bits per heavy atom. The van der Waals surface area contributed by atoms with Crippen LogP contribution in [0.4, 0.5) is 0 Å². The Morgan fingerprint density at radius 3 is 2.38 bits per heavy atom. The van der Waals surface area contributed by atoms with Gasteiger partial charge >= 0.3 is 0 Å². The zero-order chi connectivity index (χ0) is 6.78. The van der Waals surface area contributed by atoms with Crippen molar-refractivity contribution in [3.63, 3.8) is 0 Å².